The first-order valence-electron chi connectivity index (χ1n) is 8.12. The Labute approximate surface area is 144 Å². The molecule has 2 heterocycles. The molecule has 2 aliphatic heterocycles. The van der Waals surface area contributed by atoms with E-state index in [0.717, 1.165) is 50.3 Å². The summed E-state index contributed by atoms with van der Waals surface area (Å²) in [5.74, 6) is 2.89. The number of ether oxygens (including phenoxy) is 4. The third-order valence-corrected chi connectivity index (χ3v) is 4.79. The quantitative estimate of drug-likeness (QED) is 0.772. The van der Waals surface area contributed by atoms with Gasteiger partial charge in [-0.15, -0.1) is 0 Å². The maximum atomic E-state index is 10.0. The van der Waals surface area contributed by atoms with Crippen LogP contribution in [0.4, 0.5) is 0 Å². The fraction of sp³-hybridized carbons (Fsp3) is 0.200. The molecule has 3 aromatic carbocycles. The van der Waals surface area contributed by atoms with Crippen LogP contribution < -0.4 is 18.9 Å². The minimum Gasteiger partial charge on any atom is -0.454 e. The van der Waals surface area contributed by atoms with Crippen LogP contribution in [0.2, 0.25) is 0 Å². The molecule has 2 aliphatic rings. The molecule has 5 rings (SSSR count). The van der Waals surface area contributed by atoms with Crippen LogP contribution in [0.15, 0.2) is 36.4 Å². The summed E-state index contributed by atoms with van der Waals surface area (Å²) in [7, 11) is 0. The third kappa shape index (κ3) is 2.06. The number of hydrogen-bond acceptors (Lipinski definition) is 5. The number of benzene rings is 3. The first-order valence-corrected chi connectivity index (χ1v) is 8.12. The Balaban J connectivity index is 1.88. The van der Waals surface area contributed by atoms with Gasteiger partial charge in [-0.2, -0.15) is 0 Å². The summed E-state index contributed by atoms with van der Waals surface area (Å²) >= 11 is 0. The average molecular weight is 336 g/mol. The van der Waals surface area contributed by atoms with Crippen molar-refractivity contribution >= 4 is 10.8 Å². The zero-order valence-electron chi connectivity index (χ0n) is 13.7. The van der Waals surface area contributed by atoms with Gasteiger partial charge in [-0.1, -0.05) is 18.2 Å². The van der Waals surface area contributed by atoms with Crippen LogP contribution in [-0.4, -0.2) is 18.7 Å². The summed E-state index contributed by atoms with van der Waals surface area (Å²) in [6.45, 7) is 2.38. The zero-order valence-corrected chi connectivity index (χ0v) is 13.7. The highest BCUT2D eigenvalue weighted by molar-refractivity contribution is 6.05. The predicted molar refractivity (Wildman–Crippen MR) is 92.3 cm³/mol. The third-order valence-electron chi connectivity index (χ3n) is 4.79. The van der Waals surface area contributed by atoms with Crippen LogP contribution in [0.25, 0.3) is 21.9 Å². The van der Waals surface area contributed by atoms with Crippen molar-refractivity contribution < 1.29 is 24.1 Å². The monoisotopic (exact) mass is 336 g/mol. The van der Waals surface area contributed by atoms with Crippen LogP contribution >= 0.6 is 0 Å². The highest BCUT2D eigenvalue weighted by atomic mass is 16.7. The van der Waals surface area contributed by atoms with E-state index in [2.05, 4.69) is 6.07 Å². The first-order chi connectivity index (χ1) is 12.3. The van der Waals surface area contributed by atoms with Gasteiger partial charge in [0.2, 0.25) is 13.6 Å². The normalized spacial score (nSPS) is 14.3. The van der Waals surface area contributed by atoms with Gasteiger partial charge in [-0.3, -0.25) is 0 Å². The number of rotatable bonds is 2. The molecular weight excluding hydrogens is 320 g/mol. The van der Waals surface area contributed by atoms with Crippen molar-refractivity contribution in [2.75, 3.05) is 13.6 Å². The highest BCUT2D eigenvalue weighted by Crippen LogP contribution is 2.47. The van der Waals surface area contributed by atoms with Crippen molar-refractivity contribution in [1.82, 2.24) is 0 Å². The summed E-state index contributed by atoms with van der Waals surface area (Å²) in [4.78, 5) is 0. The standard InChI is InChI=1S/C20H16O5/c1-11-6-12-3-5-16-20(25-10-23-16)19(12)18(14(11)8-21)13-2-4-15-17(7-13)24-9-22-15/h2-7,21H,8-10H2,1H3. The number of aliphatic hydroxyl groups excluding tert-OH is 1. The molecule has 0 fully saturated rings. The van der Waals surface area contributed by atoms with Gasteiger partial charge < -0.3 is 24.1 Å². The molecule has 0 bridgehead atoms. The average Bonchev–Trinajstić information content (AvgIpc) is 3.28. The molecule has 0 unspecified atom stereocenters. The molecule has 5 nitrogen and oxygen atoms in total. The molecule has 1 N–H and O–H groups in total. The van der Waals surface area contributed by atoms with E-state index in [1.165, 1.54) is 0 Å². The van der Waals surface area contributed by atoms with E-state index in [1.807, 2.05) is 37.3 Å². The van der Waals surface area contributed by atoms with Crippen molar-refractivity contribution in [1.29, 1.82) is 0 Å². The van der Waals surface area contributed by atoms with Gasteiger partial charge in [-0.25, -0.2) is 0 Å². The van der Waals surface area contributed by atoms with E-state index in [9.17, 15) is 5.11 Å². The van der Waals surface area contributed by atoms with E-state index < -0.39 is 0 Å². The van der Waals surface area contributed by atoms with E-state index in [-0.39, 0.29) is 20.2 Å². The number of aliphatic hydroxyl groups is 1. The molecule has 0 saturated carbocycles. The van der Waals surface area contributed by atoms with Crippen LogP contribution in [0, 0.1) is 6.92 Å². The van der Waals surface area contributed by atoms with E-state index >= 15 is 0 Å². The first kappa shape index (κ1) is 14.4. The molecule has 3 aromatic rings. The second-order valence-electron chi connectivity index (χ2n) is 6.17. The molecule has 126 valence electrons. The Morgan fingerprint density at radius 2 is 1.64 bits per heavy atom. The van der Waals surface area contributed by atoms with Gasteiger partial charge in [0, 0.05) is 5.39 Å². The number of aryl methyl sites for hydroxylation is 1. The predicted octanol–water partition coefficient (Wildman–Crippen LogP) is 3.76. The van der Waals surface area contributed by atoms with Crippen molar-refractivity contribution in [2.24, 2.45) is 0 Å². The summed E-state index contributed by atoms with van der Waals surface area (Å²) in [5.41, 5.74) is 3.79. The van der Waals surface area contributed by atoms with Crippen LogP contribution in [0.1, 0.15) is 11.1 Å². The number of fused-ring (bicyclic) bond motifs is 4. The lowest BCUT2D eigenvalue weighted by atomic mass is 9.89. The minimum absolute atomic E-state index is 0.0595. The van der Waals surface area contributed by atoms with E-state index in [4.69, 9.17) is 18.9 Å². The van der Waals surface area contributed by atoms with Gasteiger partial charge in [0.15, 0.2) is 23.0 Å². The molecule has 0 saturated heterocycles. The molecule has 5 heteroatoms. The maximum absolute atomic E-state index is 10.0. The fourth-order valence-corrected chi connectivity index (χ4v) is 3.61. The Morgan fingerprint density at radius 3 is 2.52 bits per heavy atom. The van der Waals surface area contributed by atoms with Gasteiger partial charge >= 0.3 is 0 Å². The SMILES string of the molecule is Cc1cc2ccc3c(c2c(-c2ccc4c(c2)OCO4)c1CO)OCO3. The van der Waals surface area contributed by atoms with Crippen molar-refractivity contribution in [3.63, 3.8) is 0 Å². The highest BCUT2D eigenvalue weighted by Gasteiger charge is 2.24. The Morgan fingerprint density at radius 1 is 0.880 bits per heavy atom. The lowest BCUT2D eigenvalue weighted by Gasteiger charge is -2.17. The summed E-state index contributed by atoms with van der Waals surface area (Å²) in [6.07, 6.45) is 0. The Kier molecular flexibility index (Phi) is 3.05. The Hall–Kier alpha value is -2.92. The molecule has 0 atom stereocenters. The maximum Gasteiger partial charge on any atom is 0.231 e. The summed E-state index contributed by atoms with van der Waals surface area (Å²) in [5, 5.41) is 12.0. The van der Waals surface area contributed by atoms with Crippen LogP contribution in [0.3, 0.4) is 0 Å². The lowest BCUT2D eigenvalue weighted by molar-refractivity contribution is 0.174. The van der Waals surface area contributed by atoms with Gasteiger partial charge in [0.25, 0.3) is 0 Å². The van der Waals surface area contributed by atoms with Gasteiger partial charge in [-0.05, 0) is 52.8 Å². The van der Waals surface area contributed by atoms with E-state index in [0.29, 0.717) is 5.75 Å². The van der Waals surface area contributed by atoms with Crippen molar-refractivity contribution in [3.8, 4) is 34.1 Å². The minimum atomic E-state index is -0.0595. The fourth-order valence-electron chi connectivity index (χ4n) is 3.61. The van der Waals surface area contributed by atoms with Crippen LogP contribution in [0.5, 0.6) is 23.0 Å². The van der Waals surface area contributed by atoms with Gasteiger partial charge in [0.05, 0.1) is 6.61 Å². The van der Waals surface area contributed by atoms with Crippen molar-refractivity contribution in [2.45, 2.75) is 13.5 Å². The molecule has 0 radical (unpaired) electrons. The number of hydrogen-bond donors (Lipinski definition) is 1. The van der Waals surface area contributed by atoms with E-state index in [1.54, 1.807) is 0 Å². The smallest absolute Gasteiger partial charge is 0.231 e. The largest absolute Gasteiger partial charge is 0.454 e. The second-order valence-corrected chi connectivity index (χ2v) is 6.17. The molecule has 0 spiro atoms. The topological polar surface area (TPSA) is 57.2 Å². The summed E-state index contributed by atoms with van der Waals surface area (Å²) < 4.78 is 22.2. The molecule has 0 aliphatic carbocycles. The van der Waals surface area contributed by atoms with Crippen LogP contribution in [-0.2, 0) is 6.61 Å². The molecule has 25 heavy (non-hydrogen) atoms. The van der Waals surface area contributed by atoms with Gasteiger partial charge in [0.1, 0.15) is 0 Å². The molecular formula is C20H16O5. The Bertz CT molecular complexity index is 1010. The second kappa shape index (κ2) is 5.29. The molecule has 0 amide bonds. The zero-order chi connectivity index (χ0) is 17.0. The lowest BCUT2D eigenvalue weighted by Crippen LogP contribution is -1.97. The summed E-state index contributed by atoms with van der Waals surface area (Å²) in [6, 6.07) is 11.8. The van der Waals surface area contributed by atoms with Crippen molar-refractivity contribution in [3.05, 3.63) is 47.5 Å². The molecule has 0 aromatic heterocycles.